The molecule has 1 aliphatic rings. The summed E-state index contributed by atoms with van der Waals surface area (Å²) in [6.45, 7) is 4.52. The molecule has 1 fully saturated rings. The molecule has 0 amide bonds. The Morgan fingerprint density at radius 3 is 2.70 bits per heavy atom. The van der Waals surface area contributed by atoms with Gasteiger partial charge >= 0.3 is 5.97 Å². The zero-order valence-corrected chi connectivity index (χ0v) is 12.9. The minimum atomic E-state index is -0.670. The fourth-order valence-electron chi connectivity index (χ4n) is 3.33. The van der Waals surface area contributed by atoms with E-state index in [4.69, 9.17) is 11.6 Å². The molecule has 2 rings (SSSR count). The van der Waals surface area contributed by atoms with Crippen molar-refractivity contribution in [3.05, 3.63) is 34.9 Å². The van der Waals surface area contributed by atoms with Gasteiger partial charge in [0.25, 0.3) is 0 Å². The van der Waals surface area contributed by atoms with E-state index in [1.165, 1.54) is 0 Å². The van der Waals surface area contributed by atoms with E-state index in [0.29, 0.717) is 23.3 Å². The van der Waals surface area contributed by atoms with Crippen molar-refractivity contribution in [2.24, 2.45) is 23.7 Å². The average molecular weight is 295 g/mol. The Kier molecular flexibility index (Phi) is 5.09. The zero-order chi connectivity index (χ0) is 14.7. The minimum Gasteiger partial charge on any atom is -0.481 e. The molecule has 0 saturated heterocycles. The third-order valence-electron chi connectivity index (χ3n) is 4.87. The number of carboxylic acid groups (broad SMARTS) is 1. The van der Waals surface area contributed by atoms with Crippen LogP contribution in [0.1, 0.15) is 38.7 Å². The Balaban J connectivity index is 2.09. The van der Waals surface area contributed by atoms with Crippen LogP contribution in [0, 0.1) is 23.7 Å². The van der Waals surface area contributed by atoms with E-state index in [2.05, 4.69) is 13.8 Å². The van der Waals surface area contributed by atoms with Gasteiger partial charge in [0, 0.05) is 5.02 Å². The average Bonchev–Trinajstić information content (AvgIpc) is 2.39. The summed E-state index contributed by atoms with van der Waals surface area (Å²) in [6.07, 6.45) is 3.79. The third kappa shape index (κ3) is 3.76. The van der Waals surface area contributed by atoms with E-state index in [9.17, 15) is 9.90 Å². The minimum absolute atomic E-state index is 0.289. The smallest absolute Gasteiger partial charge is 0.307 e. The van der Waals surface area contributed by atoms with Crippen LogP contribution in [0.25, 0.3) is 0 Å². The van der Waals surface area contributed by atoms with Gasteiger partial charge in [0.1, 0.15) is 0 Å². The van der Waals surface area contributed by atoms with Gasteiger partial charge in [-0.1, -0.05) is 44.0 Å². The van der Waals surface area contributed by atoms with Gasteiger partial charge < -0.3 is 5.11 Å². The second kappa shape index (κ2) is 6.62. The Morgan fingerprint density at radius 2 is 2.10 bits per heavy atom. The van der Waals surface area contributed by atoms with Crippen LogP contribution in [0.4, 0.5) is 0 Å². The summed E-state index contributed by atoms with van der Waals surface area (Å²) < 4.78 is 0. The second-order valence-electron chi connectivity index (χ2n) is 6.31. The molecule has 0 bridgehead atoms. The van der Waals surface area contributed by atoms with Crippen molar-refractivity contribution in [2.75, 3.05) is 0 Å². The molecule has 0 aromatic heterocycles. The lowest BCUT2D eigenvalue weighted by Gasteiger charge is -2.35. The molecule has 2 nitrogen and oxygen atoms in total. The number of aliphatic carboxylic acids is 1. The number of carboxylic acids is 1. The number of rotatable bonds is 4. The highest BCUT2D eigenvalue weighted by Gasteiger charge is 2.33. The van der Waals surface area contributed by atoms with E-state index in [-0.39, 0.29) is 11.8 Å². The Bertz CT molecular complexity index is 472. The van der Waals surface area contributed by atoms with Crippen molar-refractivity contribution >= 4 is 17.6 Å². The van der Waals surface area contributed by atoms with Crippen LogP contribution in [0.2, 0.25) is 5.02 Å². The van der Waals surface area contributed by atoms with E-state index < -0.39 is 5.97 Å². The van der Waals surface area contributed by atoms with Crippen LogP contribution in [-0.4, -0.2) is 11.1 Å². The van der Waals surface area contributed by atoms with Crippen molar-refractivity contribution < 1.29 is 9.90 Å². The fourth-order valence-corrected chi connectivity index (χ4v) is 3.54. The van der Waals surface area contributed by atoms with Crippen LogP contribution in [0.15, 0.2) is 24.3 Å². The van der Waals surface area contributed by atoms with Gasteiger partial charge in [-0.15, -0.1) is 0 Å². The Hall–Kier alpha value is -1.02. The first-order chi connectivity index (χ1) is 9.47. The van der Waals surface area contributed by atoms with Gasteiger partial charge in [0.2, 0.25) is 0 Å². The van der Waals surface area contributed by atoms with E-state index in [1.807, 2.05) is 24.3 Å². The molecule has 0 radical (unpaired) electrons. The maximum atomic E-state index is 11.6. The lowest BCUT2D eigenvalue weighted by atomic mass is 9.70. The maximum Gasteiger partial charge on any atom is 0.307 e. The van der Waals surface area contributed by atoms with Crippen LogP contribution < -0.4 is 0 Å². The highest BCUT2D eigenvalue weighted by molar-refractivity contribution is 6.30. The molecule has 1 N–H and O–H groups in total. The van der Waals surface area contributed by atoms with E-state index in [1.54, 1.807) is 0 Å². The number of carbonyl (C=O) groups is 1. The first kappa shape index (κ1) is 15.4. The quantitative estimate of drug-likeness (QED) is 0.877. The molecule has 0 aliphatic heterocycles. The molecule has 4 unspecified atom stereocenters. The molecule has 1 aromatic carbocycles. The molecule has 20 heavy (non-hydrogen) atoms. The number of benzene rings is 1. The van der Waals surface area contributed by atoms with Crippen LogP contribution in [0.3, 0.4) is 0 Å². The molecule has 110 valence electrons. The van der Waals surface area contributed by atoms with E-state index in [0.717, 1.165) is 24.8 Å². The maximum absolute atomic E-state index is 11.6. The fraction of sp³-hybridized carbons (Fsp3) is 0.588. The summed E-state index contributed by atoms with van der Waals surface area (Å²) in [7, 11) is 0. The van der Waals surface area contributed by atoms with Crippen molar-refractivity contribution in [2.45, 2.75) is 39.5 Å². The van der Waals surface area contributed by atoms with Gasteiger partial charge in [0.05, 0.1) is 5.92 Å². The van der Waals surface area contributed by atoms with Gasteiger partial charge in [-0.05, 0) is 54.7 Å². The molecule has 1 saturated carbocycles. The zero-order valence-electron chi connectivity index (χ0n) is 12.2. The molecule has 0 spiro atoms. The summed E-state index contributed by atoms with van der Waals surface area (Å²) >= 11 is 5.99. The predicted molar refractivity (Wildman–Crippen MR) is 82.0 cm³/mol. The van der Waals surface area contributed by atoms with Crippen LogP contribution in [0.5, 0.6) is 0 Å². The SMILES string of the molecule is CC1CCC(C(Cc2cccc(Cl)c2)C(=O)O)CC1C. The first-order valence-corrected chi connectivity index (χ1v) is 7.82. The Labute approximate surface area is 126 Å². The molecule has 1 aromatic rings. The Morgan fingerprint density at radius 1 is 1.35 bits per heavy atom. The summed E-state index contributed by atoms with van der Waals surface area (Å²) in [5, 5.41) is 10.3. The highest BCUT2D eigenvalue weighted by Crippen LogP contribution is 2.38. The highest BCUT2D eigenvalue weighted by atomic mass is 35.5. The van der Waals surface area contributed by atoms with Gasteiger partial charge in [-0.3, -0.25) is 4.79 Å². The van der Waals surface area contributed by atoms with Crippen LogP contribution in [-0.2, 0) is 11.2 Å². The largest absolute Gasteiger partial charge is 0.481 e. The summed E-state index contributed by atoms with van der Waals surface area (Å²) in [5.74, 6) is 0.666. The lowest BCUT2D eigenvalue weighted by molar-refractivity contribution is -0.144. The molecule has 3 heteroatoms. The van der Waals surface area contributed by atoms with Crippen LogP contribution >= 0.6 is 11.6 Å². The number of hydrogen-bond donors (Lipinski definition) is 1. The summed E-state index contributed by atoms with van der Waals surface area (Å²) in [5.41, 5.74) is 1.02. The normalized spacial score (nSPS) is 28.1. The van der Waals surface area contributed by atoms with Gasteiger partial charge in [-0.25, -0.2) is 0 Å². The lowest BCUT2D eigenvalue weighted by Crippen LogP contribution is -2.32. The van der Waals surface area contributed by atoms with E-state index >= 15 is 0 Å². The predicted octanol–water partition coefficient (Wildman–Crippen LogP) is 4.66. The third-order valence-corrected chi connectivity index (χ3v) is 5.10. The number of hydrogen-bond acceptors (Lipinski definition) is 1. The molecule has 0 heterocycles. The van der Waals surface area contributed by atoms with Gasteiger partial charge in [0.15, 0.2) is 0 Å². The monoisotopic (exact) mass is 294 g/mol. The number of halogens is 1. The van der Waals surface area contributed by atoms with Crippen molar-refractivity contribution in [1.82, 2.24) is 0 Å². The first-order valence-electron chi connectivity index (χ1n) is 7.44. The molecule has 4 atom stereocenters. The molecular formula is C17H23ClO2. The summed E-state index contributed by atoms with van der Waals surface area (Å²) in [6, 6.07) is 7.57. The standard InChI is InChI=1S/C17H23ClO2/c1-11-6-7-14(8-12(11)2)16(17(19)20)10-13-4-3-5-15(18)9-13/h3-5,9,11-12,14,16H,6-8,10H2,1-2H3,(H,19,20). The van der Waals surface area contributed by atoms with Gasteiger partial charge in [-0.2, -0.15) is 0 Å². The van der Waals surface area contributed by atoms with Crippen molar-refractivity contribution in [1.29, 1.82) is 0 Å². The summed E-state index contributed by atoms with van der Waals surface area (Å²) in [4.78, 5) is 11.6. The topological polar surface area (TPSA) is 37.3 Å². The second-order valence-corrected chi connectivity index (χ2v) is 6.74. The molecule has 1 aliphatic carbocycles. The molecular weight excluding hydrogens is 272 g/mol. The van der Waals surface area contributed by atoms with Crippen molar-refractivity contribution in [3.8, 4) is 0 Å². The van der Waals surface area contributed by atoms with Crippen molar-refractivity contribution in [3.63, 3.8) is 0 Å².